The summed E-state index contributed by atoms with van der Waals surface area (Å²) in [7, 11) is 2.90. The summed E-state index contributed by atoms with van der Waals surface area (Å²) in [4.78, 5) is 30.2. The second-order valence-electron chi connectivity index (χ2n) is 3.40. The zero-order valence-electron chi connectivity index (χ0n) is 8.89. The van der Waals surface area contributed by atoms with Crippen molar-refractivity contribution in [2.75, 3.05) is 5.73 Å². The van der Waals surface area contributed by atoms with E-state index in [-0.39, 0.29) is 11.4 Å². The smallest absolute Gasteiger partial charge is 0.332 e. The second kappa shape index (κ2) is 3.37. The van der Waals surface area contributed by atoms with Crippen molar-refractivity contribution in [3.63, 3.8) is 0 Å². The number of nitrogens with one attached hydrogen (secondary N) is 1. The molecule has 2 aromatic rings. The first-order chi connectivity index (χ1) is 7.54. The molecular weight excluding hydrogens is 210 g/mol. The average Bonchev–Trinajstić information content (AvgIpc) is 2.77. The van der Waals surface area contributed by atoms with Gasteiger partial charge in [-0.2, -0.15) is 0 Å². The molecule has 0 atom stereocenters. The fraction of sp³-hybridized carbons (Fsp3) is 0.222. The van der Waals surface area contributed by atoms with Gasteiger partial charge in [0.15, 0.2) is 0 Å². The predicted molar refractivity (Wildman–Crippen MR) is 58.9 cm³/mol. The van der Waals surface area contributed by atoms with E-state index < -0.39 is 11.2 Å². The lowest BCUT2D eigenvalue weighted by Gasteiger charge is -2.09. The van der Waals surface area contributed by atoms with Gasteiger partial charge < -0.3 is 10.7 Å². The van der Waals surface area contributed by atoms with Crippen LogP contribution < -0.4 is 17.0 Å². The van der Waals surface area contributed by atoms with Crippen molar-refractivity contribution >= 4 is 5.82 Å². The Hall–Kier alpha value is -2.31. The number of H-pyrrole nitrogens is 1. The van der Waals surface area contributed by atoms with Crippen LogP contribution in [0.4, 0.5) is 5.82 Å². The van der Waals surface area contributed by atoms with E-state index in [0.717, 1.165) is 4.57 Å². The first-order valence-corrected chi connectivity index (χ1v) is 4.59. The van der Waals surface area contributed by atoms with Crippen LogP contribution >= 0.6 is 0 Å². The molecule has 84 valence electrons. The second-order valence-corrected chi connectivity index (χ2v) is 3.40. The molecule has 2 aromatic heterocycles. The molecule has 0 unspecified atom stereocenters. The fourth-order valence-electron chi connectivity index (χ4n) is 1.48. The summed E-state index contributed by atoms with van der Waals surface area (Å²) in [6.45, 7) is 0. The van der Waals surface area contributed by atoms with Gasteiger partial charge in [-0.3, -0.25) is 13.9 Å². The molecule has 0 saturated carbocycles. The van der Waals surface area contributed by atoms with Crippen LogP contribution in [-0.2, 0) is 14.1 Å². The van der Waals surface area contributed by atoms with Crippen molar-refractivity contribution in [3.8, 4) is 11.4 Å². The molecule has 2 rings (SSSR count). The Morgan fingerprint density at radius 1 is 1.31 bits per heavy atom. The van der Waals surface area contributed by atoms with E-state index in [1.165, 1.54) is 24.9 Å². The highest BCUT2D eigenvalue weighted by Crippen LogP contribution is 2.14. The SMILES string of the molecule is Cn1c(N)c(-c2ncc[nH]2)c(=O)n(C)c1=O. The standard InChI is InChI=1S/C9H11N5O2/c1-13-6(10)5(7-11-3-4-12-7)8(15)14(2)9(13)16/h3-4H,10H2,1-2H3,(H,11,12). The van der Waals surface area contributed by atoms with Crippen molar-refractivity contribution < 1.29 is 0 Å². The van der Waals surface area contributed by atoms with Crippen molar-refractivity contribution in [1.82, 2.24) is 19.1 Å². The third-order valence-corrected chi connectivity index (χ3v) is 2.44. The number of anilines is 1. The van der Waals surface area contributed by atoms with Crippen molar-refractivity contribution in [2.45, 2.75) is 0 Å². The predicted octanol–water partition coefficient (Wildman–Crippen LogP) is -0.944. The van der Waals surface area contributed by atoms with E-state index in [2.05, 4.69) is 9.97 Å². The molecule has 16 heavy (non-hydrogen) atoms. The molecule has 7 nitrogen and oxygen atoms in total. The molecule has 0 aliphatic carbocycles. The van der Waals surface area contributed by atoms with Gasteiger partial charge in [-0.05, 0) is 0 Å². The number of nitrogens with zero attached hydrogens (tertiary/aromatic N) is 3. The Bertz CT molecular complexity index is 635. The van der Waals surface area contributed by atoms with Crippen LogP contribution in [0, 0.1) is 0 Å². The number of aromatic nitrogens is 4. The van der Waals surface area contributed by atoms with Gasteiger partial charge in [0.1, 0.15) is 17.2 Å². The van der Waals surface area contributed by atoms with Crippen molar-refractivity contribution in [3.05, 3.63) is 33.2 Å². The quantitative estimate of drug-likeness (QED) is 0.649. The number of hydrogen-bond donors (Lipinski definition) is 2. The number of nitrogens with two attached hydrogens (primary N) is 1. The van der Waals surface area contributed by atoms with Gasteiger partial charge in [0.05, 0.1) is 0 Å². The lowest BCUT2D eigenvalue weighted by atomic mass is 10.3. The van der Waals surface area contributed by atoms with E-state index in [0.29, 0.717) is 5.82 Å². The van der Waals surface area contributed by atoms with Crippen LogP contribution in [-0.4, -0.2) is 19.1 Å². The van der Waals surface area contributed by atoms with E-state index >= 15 is 0 Å². The van der Waals surface area contributed by atoms with Crippen LogP contribution in [0.25, 0.3) is 11.4 Å². The van der Waals surface area contributed by atoms with Gasteiger partial charge in [0.25, 0.3) is 5.56 Å². The van der Waals surface area contributed by atoms with Crippen LogP contribution in [0.3, 0.4) is 0 Å². The molecule has 0 aromatic carbocycles. The number of imidazole rings is 1. The molecule has 0 radical (unpaired) electrons. The van der Waals surface area contributed by atoms with Gasteiger partial charge in [-0.1, -0.05) is 0 Å². The summed E-state index contributed by atoms with van der Waals surface area (Å²) in [6.07, 6.45) is 3.10. The van der Waals surface area contributed by atoms with E-state index in [4.69, 9.17) is 5.73 Å². The van der Waals surface area contributed by atoms with Crippen LogP contribution in [0.15, 0.2) is 22.0 Å². The zero-order chi connectivity index (χ0) is 11.9. The monoisotopic (exact) mass is 221 g/mol. The van der Waals surface area contributed by atoms with Gasteiger partial charge in [-0.25, -0.2) is 9.78 Å². The molecule has 0 spiro atoms. The Kier molecular flexibility index (Phi) is 2.15. The van der Waals surface area contributed by atoms with E-state index in [1.807, 2.05) is 0 Å². The zero-order valence-corrected chi connectivity index (χ0v) is 8.89. The highest BCUT2D eigenvalue weighted by Gasteiger charge is 2.16. The Balaban J connectivity index is 2.92. The summed E-state index contributed by atoms with van der Waals surface area (Å²) in [5.74, 6) is 0.455. The Labute approximate surface area is 90.2 Å². The molecule has 2 heterocycles. The summed E-state index contributed by atoms with van der Waals surface area (Å²) in [6, 6.07) is 0. The highest BCUT2D eigenvalue weighted by atomic mass is 16.2. The molecule has 3 N–H and O–H groups in total. The van der Waals surface area contributed by atoms with Crippen LogP contribution in [0.2, 0.25) is 0 Å². The molecular formula is C9H11N5O2. The third kappa shape index (κ3) is 1.25. The molecule has 0 aliphatic heterocycles. The topological polar surface area (TPSA) is 98.7 Å². The van der Waals surface area contributed by atoms with Gasteiger partial charge in [0.2, 0.25) is 0 Å². The molecule has 7 heteroatoms. The van der Waals surface area contributed by atoms with Gasteiger partial charge >= 0.3 is 5.69 Å². The number of rotatable bonds is 1. The van der Waals surface area contributed by atoms with Crippen LogP contribution in [0.5, 0.6) is 0 Å². The average molecular weight is 221 g/mol. The number of hydrogen-bond acceptors (Lipinski definition) is 4. The molecule has 0 bridgehead atoms. The molecule has 0 amide bonds. The van der Waals surface area contributed by atoms with E-state index in [9.17, 15) is 9.59 Å². The van der Waals surface area contributed by atoms with Gasteiger partial charge in [-0.15, -0.1) is 0 Å². The minimum Gasteiger partial charge on any atom is -0.384 e. The lowest BCUT2D eigenvalue weighted by Crippen LogP contribution is -2.39. The molecule has 0 saturated heterocycles. The minimum atomic E-state index is -0.462. The Morgan fingerprint density at radius 3 is 2.56 bits per heavy atom. The number of nitrogen functional groups attached to an aromatic ring is 1. The fourth-order valence-corrected chi connectivity index (χ4v) is 1.48. The summed E-state index contributed by atoms with van der Waals surface area (Å²) < 4.78 is 2.20. The normalized spacial score (nSPS) is 10.6. The first kappa shape index (κ1) is 10.2. The largest absolute Gasteiger partial charge is 0.384 e. The minimum absolute atomic E-state index is 0.100. The highest BCUT2D eigenvalue weighted by molar-refractivity contribution is 5.67. The molecule has 0 aliphatic rings. The van der Waals surface area contributed by atoms with E-state index in [1.54, 1.807) is 6.20 Å². The maximum Gasteiger partial charge on any atom is 0.332 e. The summed E-state index contributed by atoms with van der Waals surface area (Å²) in [5, 5.41) is 0. The Morgan fingerprint density at radius 2 is 2.00 bits per heavy atom. The van der Waals surface area contributed by atoms with Crippen molar-refractivity contribution in [1.29, 1.82) is 0 Å². The lowest BCUT2D eigenvalue weighted by molar-refractivity contribution is 0.695. The molecule has 0 fully saturated rings. The first-order valence-electron chi connectivity index (χ1n) is 4.59. The maximum atomic E-state index is 11.9. The van der Waals surface area contributed by atoms with Crippen molar-refractivity contribution in [2.24, 2.45) is 14.1 Å². The summed E-state index contributed by atoms with van der Waals surface area (Å²) >= 11 is 0. The van der Waals surface area contributed by atoms with Gasteiger partial charge in [0, 0.05) is 26.5 Å². The van der Waals surface area contributed by atoms with Crippen LogP contribution in [0.1, 0.15) is 0 Å². The summed E-state index contributed by atoms with van der Waals surface area (Å²) in [5.41, 5.74) is 5.01. The number of aromatic amines is 1. The third-order valence-electron chi connectivity index (χ3n) is 2.44. The maximum absolute atomic E-state index is 11.9.